The highest BCUT2D eigenvalue weighted by Crippen LogP contribution is 2.40. The molecule has 4 heterocycles. The van der Waals surface area contributed by atoms with Crippen molar-refractivity contribution in [2.75, 3.05) is 19.0 Å². The lowest BCUT2D eigenvalue weighted by Gasteiger charge is -2.20. The van der Waals surface area contributed by atoms with Gasteiger partial charge in [0.2, 0.25) is 11.9 Å². The van der Waals surface area contributed by atoms with E-state index in [0.717, 1.165) is 0 Å². The highest BCUT2D eigenvalue weighted by atomic mass is 16.9. The molecule has 3 N–H and O–H groups in total. The zero-order chi connectivity index (χ0) is 20.0. The van der Waals surface area contributed by atoms with Crippen LogP contribution in [-0.2, 0) is 23.7 Å². The molecule has 2 aromatic heterocycles. The summed E-state index contributed by atoms with van der Waals surface area (Å²) in [5.41, 5.74) is -0.221. The number of hydrogen-bond donors (Lipinski definition) is 3. The molecule has 4 rings (SSSR count). The van der Waals surface area contributed by atoms with E-state index in [9.17, 15) is 14.7 Å². The van der Waals surface area contributed by atoms with Gasteiger partial charge in [0.05, 0.1) is 12.9 Å². The Kier molecular flexibility index (Phi) is 4.89. The van der Waals surface area contributed by atoms with Crippen LogP contribution in [0.2, 0.25) is 0 Å². The zero-order valence-electron chi connectivity index (χ0n) is 15.5. The first-order valence-electron chi connectivity index (χ1n) is 8.80. The topological polar surface area (TPSA) is 150 Å². The average Bonchev–Trinajstić information content (AvgIpc) is 3.34. The number of amides is 1. The molecule has 2 fully saturated rings. The van der Waals surface area contributed by atoms with E-state index in [4.69, 9.17) is 18.9 Å². The molecule has 0 spiro atoms. The maximum Gasteiger partial charge on any atom is 0.280 e. The molecule has 12 heteroatoms. The van der Waals surface area contributed by atoms with E-state index in [-0.39, 0.29) is 35.5 Å². The van der Waals surface area contributed by atoms with Crippen LogP contribution in [0, 0.1) is 5.92 Å². The Balaban J connectivity index is 1.71. The molecule has 0 radical (unpaired) electrons. The van der Waals surface area contributed by atoms with Gasteiger partial charge in [0.15, 0.2) is 17.4 Å². The molecule has 0 saturated carbocycles. The van der Waals surface area contributed by atoms with Crippen molar-refractivity contribution < 1.29 is 28.8 Å². The van der Waals surface area contributed by atoms with Crippen LogP contribution in [0.3, 0.4) is 0 Å². The van der Waals surface area contributed by atoms with Crippen LogP contribution in [-0.4, -0.2) is 69.0 Å². The van der Waals surface area contributed by atoms with Crippen LogP contribution >= 0.6 is 0 Å². The lowest BCUT2D eigenvalue weighted by atomic mass is 10.1. The van der Waals surface area contributed by atoms with Gasteiger partial charge in [-0.15, -0.1) is 0 Å². The summed E-state index contributed by atoms with van der Waals surface area (Å²) in [6, 6.07) is 0. The summed E-state index contributed by atoms with van der Waals surface area (Å²) >= 11 is 0. The van der Waals surface area contributed by atoms with Crippen molar-refractivity contribution in [2.24, 2.45) is 5.92 Å². The second-order valence-electron chi connectivity index (χ2n) is 6.86. The average molecular weight is 395 g/mol. The molecule has 0 bridgehead atoms. The summed E-state index contributed by atoms with van der Waals surface area (Å²) in [5.74, 6) is -0.573. The van der Waals surface area contributed by atoms with Crippen LogP contribution in [0.25, 0.3) is 11.2 Å². The summed E-state index contributed by atoms with van der Waals surface area (Å²) in [4.78, 5) is 35.2. The molecule has 0 aliphatic carbocycles. The minimum atomic E-state index is -0.887. The zero-order valence-corrected chi connectivity index (χ0v) is 15.5. The van der Waals surface area contributed by atoms with Gasteiger partial charge in [-0.25, -0.2) is 4.98 Å². The van der Waals surface area contributed by atoms with Crippen molar-refractivity contribution >= 4 is 23.0 Å². The van der Waals surface area contributed by atoms with Crippen LogP contribution < -0.4 is 10.9 Å². The number of carbonyl (C=O) groups excluding carboxylic acids is 1. The van der Waals surface area contributed by atoms with Crippen molar-refractivity contribution in [3.63, 3.8) is 0 Å². The molecule has 2 aromatic rings. The van der Waals surface area contributed by atoms with Crippen molar-refractivity contribution in [3.05, 3.63) is 16.7 Å². The summed E-state index contributed by atoms with van der Waals surface area (Å²) in [5, 5.41) is 12.2. The molecular formula is C16H21N5O7. The number of nitrogens with one attached hydrogen (secondary N) is 2. The van der Waals surface area contributed by atoms with Gasteiger partial charge in [-0.05, 0) is 0 Å². The summed E-state index contributed by atoms with van der Waals surface area (Å²) in [6.07, 6.45) is -1.16. The third-order valence-electron chi connectivity index (χ3n) is 4.67. The lowest BCUT2D eigenvalue weighted by molar-refractivity contribution is -0.256. The Labute approximate surface area is 158 Å². The predicted molar refractivity (Wildman–Crippen MR) is 93.2 cm³/mol. The standard InChI is InChI=1S/C16H21N5O7/c1-6(2)12(23)19-15-18-11-8(13(24)20-15)17-5-21(11)14-10-9(7(4-22)26-14)27-16(25-3)28-10/h5-7,9-10,14,16,22H,4H2,1-3H3,(H2,18,19,20,23,24)/t7-,9-,10-,14-,16?/m1/s1. The third-order valence-corrected chi connectivity index (χ3v) is 4.67. The number of carbonyl (C=O) groups is 1. The molecule has 1 unspecified atom stereocenters. The Morgan fingerprint density at radius 2 is 2.14 bits per heavy atom. The Morgan fingerprint density at radius 3 is 2.82 bits per heavy atom. The number of imidazole rings is 1. The maximum atomic E-state index is 12.3. The number of aromatic amines is 1. The normalized spacial score (nSPS) is 29.5. The monoisotopic (exact) mass is 395 g/mol. The van der Waals surface area contributed by atoms with E-state index in [2.05, 4.69) is 20.3 Å². The summed E-state index contributed by atoms with van der Waals surface area (Å²) in [6.45, 7) is 2.28. The summed E-state index contributed by atoms with van der Waals surface area (Å²) < 4.78 is 23.7. The van der Waals surface area contributed by atoms with Gasteiger partial charge in [-0.3, -0.25) is 24.5 Å². The fourth-order valence-corrected chi connectivity index (χ4v) is 3.22. The minimum Gasteiger partial charge on any atom is -0.394 e. The van der Waals surface area contributed by atoms with Gasteiger partial charge >= 0.3 is 0 Å². The second-order valence-corrected chi connectivity index (χ2v) is 6.86. The largest absolute Gasteiger partial charge is 0.394 e. The molecule has 5 atom stereocenters. The molecule has 152 valence electrons. The number of ether oxygens (including phenoxy) is 4. The number of rotatable bonds is 5. The first kappa shape index (κ1) is 19.0. The number of hydrogen-bond acceptors (Lipinski definition) is 9. The molecule has 0 aromatic carbocycles. The smallest absolute Gasteiger partial charge is 0.280 e. The molecule has 28 heavy (non-hydrogen) atoms. The molecule has 12 nitrogen and oxygen atoms in total. The fourth-order valence-electron chi connectivity index (χ4n) is 3.22. The van der Waals surface area contributed by atoms with Gasteiger partial charge in [0.25, 0.3) is 12.0 Å². The van der Waals surface area contributed by atoms with Crippen LogP contribution in [0.5, 0.6) is 0 Å². The second kappa shape index (κ2) is 7.22. The lowest BCUT2D eigenvalue weighted by Crippen LogP contribution is -2.31. The number of methoxy groups -OCH3 is 1. The molecular weight excluding hydrogens is 374 g/mol. The quantitative estimate of drug-likeness (QED) is 0.598. The van der Waals surface area contributed by atoms with Crippen molar-refractivity contribution in [1.29, 1.82) is 0 Å². The van der Waals surface area contributed by atoms with Gasteiger partial charge in [0, 0.05) is 13.0 Å². The minimum absolute atomic E-state index is 0.00423. The number of aromatic nitrogens is 4. The number of anilines is 1. The van der Waals surface area contributed by atoms with Gasteiger partial charge in [-0.1, -0.05) is 13.8 Å². The van der Waals surface area contributed by atoms with Crippen LogP contribution in [0.1, 0.15) is 20.1 Å². The Bertz CT molecular complexity index is 941. The molecule has 1 amide bonds. The molecule has 2 saturated heterocycles. The highest BCUT2D eigenvalue weighted by Gasteiger charge is 2.53. The van der Waals surface area contributed by atoms with Crippen LogP contribution in [0.15, 0.2) is 11.1 Å². The first-order valence-corrected chi connectivity index (χ1v) is 8.80. The molecule has 2 aliphatic heterocycles. The van der Waals surface area contributed by atoms with Crippen molar-refractivity contribution in [3.8, 4) is 0 Å². The number of H-pyrrole nitrogens is 1. The van der Waals surface area contributed by atoms with Gasteiger partial charge < -0.3 is 24.1 Å². The van der Waals surface area contributed by atoms with E-state index in [1.165, 1.54) is 18.0 Å². The van der Waals surface area contributed by atoms with E-state index in [1.54, 1.807) is 13.8 Å². The number of nitrogens with zero attached hydrogens (tertiary/aromatic N) is 3. The van der Waals surface area contributed by atoms with E-state index in [0.29, 0.717) is 0 Å². The van der Waals surface area contributed by atoms with E-state index in [1.807, 2.05) is 0 Å². The fraction of sp³-hybridized carbons (Fsp3) is 0.625. The van der Waals surface area contributed by atoms with Crippen LogP contribution in [0.4, 0.5) is 5.95 Å². The van der Waals surface area contributed by atoms with Crippen molar-refractivity contribution in [2.45, 2.75) is 44.9 Å². The summed E-state index contributed by atoms with van der Waals surface area (Å²) in [7, 11) is 1.44. The SMILES string of the molecule is COC1O[C@@H]2[C@H](O1)[C@@H](CO)O[C@H]2n1cnc2c(=O)[nH]c(NC(=O)C(C)C)nc21. The maximum absolute atomic E-state index is 12.3. The predicted octanol–water partition coefficient (Wildman–Crippen LogP) is -0.682. The van der Waals surface area contributed by atoms with Gasteiger partial charge in [0.1, 0.15) is 18.3 Å². The molecule has 2 aliphatic rings. The third kappa shape index (κ3) is 3.08. The highest BCUT2D eigenvalue weighted by molar-refractivity contribution is 5.91. The van der Waals surface area contributed by atoms with E-state index < -0.39 is 36.6 Å². The van der Waals surface area contributed by atoms with Gasteiger partial charge in [-0.2, -0.15) is 4.98 Å². The Morgan fingerprint density at radius 1 is 1.39 bits per heavy atom. The number of aliphatic hydroxyl groups is 1. The number of fused-ring (bicyclic) bond motifs is 2. The van der Waals surface area contributed by atoms with E-state index >= 15 is 0 Å². The number of aliphatic hydroxyl groups excluding tert-OH is 1. The Hall–Kier alpha value is -2.38. The first-order chi connectivity index (χ1) is 13.4. The van der Waals surface area contributed by atoms with Crippen molar-refractivity contribution in [1.82, 2.24) is 19.5 Å².